The monoisotopic (exact) mass is 535 g/mol. The molecule has 3 aromatic rings. The molecule has 1 N–H and O–H groups in total. The number of hydrogen-bond donors (Lipinski definition) is 1. The lowest BCUT2D eigenvalue weighted by molar-refractivity contribution is 0.0140. The Hall–Kier alpha value is -2.45. The molecule has 202 valence electrons. The van der Waals surface area contributed by atoms with Gasteiger partial charge in [-0.15, -0.1) is 0 Å². The van der Waals surface area contributed by atoms with Crippen LogP contribution in [0.5, 0.6) is 0 Å². The Bertz CT molecular complexity index is 1330. The predicted octanol–water partition coefficient (Wildman–Crippen LogP) is 7.26. The van der Waals surface area contributed by atoms with Gasteiger partial charge in [-0.25, -0.2) is 9.78 Å². The van der Waals surface area contributed by atoms with Gasteiger partial charge in [-0.3, -0.25) is 0 Å². The Morgan fingerprint density at radius 3 is 2.53 bits per heavy atom. The molecule has 2 bridgehead atoms. The highest BCUT2D eigenvalue weighted by Crippen LogP contribution is 2.48. The van der Waals surface area contributed by atoms with Crippen molar-refractivity contribution in [1.29, 1.82) is 0 Å². The summed E-state index contributed by atoms with van der Waals surface area (Å²) in [4.78, 5) is 18.8. The number of nitrogens with zero attached hydrogens (tertiary/aromatic N) is 3. The molecular formula is C30H37N3O4S. The van der Waals surface area contributed by atoms with E-state index in [1.165, 1.54) is 49.8 Å². The summed E-state index contributed by atoms with van der Waals surface area (Å²) in [5.74, 6) is 1.23. The summed E-state index contributed by atoms with van der Waals surface area (Å²) in [6, 6.07) is 6.06. The number of aromatic nitrogens is 2. The summed E-state index contributed by atoms with van der Waals surface area (Å²) in [5.41, 5.74) is 4.07. The lowest BCUT2D eigenvalue weighted by Crippen LogP contribution is -2.45. The molecule has 0 spiro atoms. The molecule has 2 aromatic heterocycles. The van der Waals surface area contributed by atoms with Crippen molar-refractivity contribution < 1.29 is 19.2 Å². The molecule has 38 heavy (non-hydrogen) atoms. The molecule has 1 aromatic carbocycles. The minimum Gasteiger partial charge on any atom is -0.478 e. The number of carboxylic acid groups (broad SMARTS) is 1. The van der Waals surface area contributed by atoms with Crippen LogP contribution in [0.3, 0.4) is 0 Å². The fourth-order valence-corrected chi connectivity index (χ4v) is 8.22. The fourth-order valence-electron chi connectivity index (χ4n) is 7.07. The summed E-state index contributed by atoms with van der Waals surface area (Å²) in [5, 5.41) is 15.0. The van der Waals surface area contributed by atoms with Crippen molar-refractivity contribution in [2.75, 3.05) is 4.90 Å². The normalized spacial score (nSPS) is 27.3. The Balaban J connectivity index is 1.05. The average molecular weight is 536 g/mol. The Morgan fingerprint density at radius 1 is 1.11 bits per heavy atom. The van der Waals surface area contributed by atoms with Crippen molar-refractivity contribution in [2.45, 2.75) is 115 Å². The van der Waals surface area contributed by atoms with E-state index in [1.54, 1.807) is 23.5 Å². The molecule has 4 aliphatic rings. The minimum absolute atomic E-state index is 0.233. The van der Waals surface area contributed by atoms with Gasteiger partial charge in [0.2, 0.25) is 0 Å². The third-order valence-electron chi connectivity index (χ3n) is 9.52. The van der Waals surface area contributed by atoms with Crippen LogP contribution in [0.2, 0.25) is 0 Å². The van der Waals surface area contributed by atoms with Crippen LogP contribution in [-0.4, -0.2) is 39.4 Å². The smallest absolute Gasteiger partial charge is 0.335 e. The molecule has 7 rings (SSSR count). The van der Waals surface area contributed by atoms with Crippen molar-refractivity contribution in [3.05, 3.63) is 40.8 Å². The van der Waals surface area contributed by atoms with Gasteiger partial charge in [0.1, 0.15) is 5.76 Å². The Kier molecular flexibility index (Phi) is 6.04. The van der Waals surface area contributed by atoms with E-state index in [0.717, 1.165) is 46.8 Å². The second-order valence-corrected chi connectivity index (χ2v) is 13.8. The van der Waals surface area contributed by atoms with Gasteiger partial charge < -0.3 is 19.3 Å². The molecular weight excluding hydrogens is 498 g/mol. The Morgan fingerprint density at radius 2 is 1.84 bits per heavy atom. The number of ether oxygens (including phenoxy) is 1. The SMILES string of the molecule is CC1(C)CCC(c2noc(C3CC3)c2CO[C@H]2C[C@H]3CC[C@@H](C2)N3c2nc3ccc(C(=O)O)cc3s2)CC1. The summed E-state index contributed by atoms with van der Waals surface area (Å²) >= 11 is 1.62. The van der Waals surface area contributed by atoms with Crippen molar-refractivity contribution >= 4 is 32.7 Å². The van der Waals surface area contributed by atoms with E-state index in [-0.39, 0.29) is 6.10 Å². The summed E-state index contributed by atoms with van der Waals surface area (Å²) in [6.07, 6.45) is 11.8. The van der Waals surface area contributed by atoms with E-state index in [9.17, 15) is 9.90 Å². The molecule has 0 amide bonds. The highest BCUT2D eigenvalue weighted by atomic mass is 32.1. The van der Waals surface area contributed by atoms with Crippen LogP contribution >= 0.6 is 11.3 Å². The van der Waals surface area contributed by atoms with Crippen LogP contribution in [0, 0.1) is 5.41 Å². The van der Waals surface area contributed by atoms with E-state index in [0.29, 0.717) is 41.5 Å². The zero-order chi connectivity index (χ0) is 26.0. The van der Waals surface area contributed by atoms with Gasteiger partial charge >= 0.3 is 5.97 Å². The van der Waals surface area contributed by atoms with Gasteiger partial charge in [0.25, 0.3) is 0 Å². The van der Waals surface area contributed by atoms with Crippen molar-refractivity contribution in [2.24, 2.45) is 5.41 Å². The number of thiazole rings is 1. The molecule has 2 aliphatic heterocycles. The van der Waals surface area contributed by atoms with E-state index < -0.39 is 5.97 Å². The molecule has 4 heterocycles. The van der Waals surface area contributed by atoms with Gasteiger partial charge in [-0.1, -0.05) is 30.3 Å². The van der Waals surface area contributed by atoms with E-state index in [1.807, 2.05) is 6.07 Å². The maximum atomic E-state index is 11.4. The minimum atomic E-state index is -0.895. The maximum absolute atomic E-state index is 11.4. The average Bonchev–Trinajstić information content (AvgIpc) is 3.41. The third-order valence-corrected chi connectivity index (χ3v) is 10.6. The van der Waals surface area contributed by atoms with Gasteiger partial charge in [-0.2, -0.15) is 0 Å². The van der Waals surface area contributed by atoms with Gasteiger partial charge in [-0.05, 0) is 87.8 Å². The van der Waals surface area contributed by atoms with Crippen LogP contribution in [0.25, 0.3) is 10.2 Å². The maximum Gasteiger partial charge on any atom is 0.335 e. The number of hydrogen-bond acceptors (Lipinski definition) is 7. The fraction of sp³-hybridized carbons (Fsp3) is 0.633. The zero-order valence-corrected chi connectivity index (χ0v) is 23.1. The molecule has 8 heteroatoms. The number of aromatic carboxylic acids is 1. The van der Waals surface area contributed by atoms with Crippen LogP contribution in [0.15, 0.2) is 22.7 Å². The molecule has 2 saturated heterocycles. The van der Waals surface area contributed by atoms with Gasteiger partial charge in [0.05, 0.1) is 34.2 Å². The second kappa shape index (κ2) is 9.33. The van der Waals surface area contributed by atoms with Crippen LogP contribution in [-0.2, 0) is 11.3 Å². The highest BCUT2D eigenvalue weighted by Gasteiger charge is 2.43. The molecule has 0 unspecified atom stereocenters. The first kappa shape index (κ1) is 24.6. The number of rotatable bonds is 7. The number of benzene rings is 1. The lowest BCUT2D eigenvalue weighted by atomic mass is 9.72. The summed E-state index contributed by atoms with van der Waals surface area (Å²) in [6.45, 7) is 5.38. The second-order valence-electron chi connectivity index (χ2n) is 12.8. The van der Waals surface area contributed by atoms with E-state index in [4.69, 9.17) is 14.2 Å². The number of fused-ring (bicyclic) bond motifs is 3. The lowest BCUT2D eigenvalue weighted by Gasteiger charge is -2.38. The summed E-state index contributed by atoms with van der Waals surface area (Å²) < 4.78 is 13.6. The molecule has 2 aliphatic carbocycles. The Labute approximate surface area is 227 Å². The topological polar surface area (TPSA) is 88.7 Å². The number of anilines is 1. The van der Waals surface area contributed by atoms with E-state index in [2.05, 4.69) is 23.9 Å². The number of carboxylic acids is 1. The van der Waals surface area contributed by atoms with Crippen molar-refractivity contribution in [3.8, 4) is 0 Å². The molecule has 4 fully saturated rings. The molecule has 2 saturated carbocycles. The molecule has 0 radical (unpaired) electrons. The van der Waals surface area contributed by atoms with Crippen LogP contribution in [0.4, 0.5) is 5.13 Å². The first-order valence-corrected chi connectivity index (χ1v) is 15.2. The summed E-state index contributed by atoms with van der Waals surface area (Å²) in [7, 11) is 0. The third kappa shape index (κ3) is 4.53. The standard InChI is InChI=1S/C30H37N3O4S/c1-30(2)11-9-17(10-12-30)26-23(27(37-32-26)18-3-4-18)16-36-22-14-20-6-7-21(15-22)33(20)29-31-24-8-5-19(28(34)35)13-25(24)38-29/h5,8,13,17-18,20-22H,3-4,6-7,9-12,14-16H2,1-2H3,(H,34,35)/t20-,21+,22+. The largest absolute Gasteiger partial charge is 0.478 e. The molecule has 7 nitrogen and oxygen atoms in total. The first-order valence-electron chi connectivity index (χ1n) is 14.4. The highest BCUT2D eigenvalue weighted by molar-refractivity contribution is 7.22. The van der Waals surface area contributed by atoms with Gasteiger partial charge in [0, 0.05) is 29.5 Å². The molecule has 3 atom stereocenters. The number of piperidine rings is 1. The predicted molar refractivity (Wildman–Crippen MR) is 147 cm³/mol. The van der Waals surface area contributed by atoms with Crippen molar-refractivity contribution in [3.63, 3.8) is 0 Å². The van der Waals surface area contributed by atoms with Crippen molar-refractivity contribution in [1.82, 2.24) is 10.1 Å². The van der Waals surface area contributed by atoms with Gasteiger partial charge in [0.15, 0.2) is 5.13 Å². The first-order chi connectivity index (χ1) is 18.3. The van der Waals surface area contributed by atoms with Crippen LogP contribution in [0.1, 0.15) is 117 Å². The van der Waals surface area contributed by atoms with Crippen LogP contribution < -0.4 is 4.90 Å². The quantitative estimate of drug-likeness (QED) is 0.340. The van der Waals surface area contributed by atoms with E-state index >= 15 is 0 Å². The zero-order valence-electron chi connectivity index (χ0n) is 22.3. The number of carbonyl (C=O) groups is 1.